The number of amides is 4. The van der Waals surface area contributed by atoms with E-state index in [2.05, 4.69) is 5.32 Å². The van der Waals surface area contributed by atoms with E-state index >= 15 is 0 Å². The number of imide groups is 1. The molecule has 1 aromatic carbocycles. The predicted octanol–water partition coefficient (Wildman–Crippen LogP) is 1.33. The van der Waals surface area contributed by atoms with Crippen LogP contribution in [-0.2, 0) is 9.59 Å². The molecule has 1 N–H and O–H groups in total. The summed E-state index contributed by atoms with van der Waals surface area (Å²) in [6.07, 6.45) is 1.71. The fraction of sp³-hybridized carbons (Fsp3) is 0.357. The van der Waals surface area contributed by atoms with Gasteiger partial charge in [-0.15, -0.1) is 0 Å². The Morgan fingerprint density at radius 2 is 2.00 bits per heavy atom. The average molecular weight is 309 g/mol. The molecule has 2 fully saturated rings. The van der Waals surface area contributed by atoms with E-state index in [4.69, 9.17) is 0 Å². The lowest BCUT2D eigenvalue weighted by atomic mass is 10.3. The molecule has 1 aliphatic carbocycles. The largest absolute Gasteiger partial charge is 0.327 e. The van der Waals surface area contributed by atoms with Crippen LogP contribution in [0.15, 0.2) is 18.2 Å². The third-order valence-electron chi connectivity index (χ3n) is 3.58. The molecule has 0 unspecified atom stereocenters. The number of benzene rings is 1. The van der Waals surface area contributed by atoms with Crippen LogP contribution >= 0.6 is 0 Å². The Morgan fingerprint density at radius 3 is 2.68 bits per heavy atom. The van der Waals surface area contributed by atoms with E-state index in [9.17, 15) is 23.2 Å². The summed E-state index contributed by atoms with van der Waals surface area (Å²) in [5, 5.41) is 2.16. The summed E-state index contributed by atoms with van der Waals surface area (Å²) >= 11 is 0. The van der Waals surface area contributed by atoms with Gasteiger partial charge < -0.3 is 10.2 Å². The molecule has 6 nitrogen and oxygen atoms in total. The van der Waals surface area contributed by atoms with Crippen LogP contribution in [0, 0.1) is 11.6 Å². The number of rotatable bonds is 4. The smallest absolute Gasteiger partial charge is 0.322 e. The lowest BCUT2D eigenvalue weighted by Gasteiger charge is -2.16. The number of urea groups is 1. The van der Waals surface area contributed by atoms with E-state index in [1.807, 2.05) is 0 Å². The average Bonchev–Trinajstić information content (AvgIpc) is 3.26. The van der Waals surface area contributed by atoms with Crippen molar-refractivity contribution in [3.8, 4) is 0 Å². The van der Waals surface area contributed by atoms with Crippen molar-refractivity contribution in [1.82, 2.24) is 9.80 Å². The van der Waals surface area contributed by atoms with E-state index < -0.39 is 36.0 Å². The molecule has 0 radical (unpaired) electrons. The summed E-state index contributed by atoms with van der Waals surface area (Å²) in [6, 6.07) is 2.20. The van der Waals surface area contributed by atoms with Crippen molar-refractivity contribution in [3.63, 3.8) is 0 Å². The molecule has 3 rings (SSSR count). The van der Waals surface area contributed by atoms with Gasteiger partial charge in [-0.2, -0.15) is 0 Å². The summed E-state index contributed by atoms with van der Waals surface area (Å²) in [5.74, 6) is -2.73. The number of halogens is 2. The van der Waals surface area contributed by atoms with Gasteiger partial charge in [0, 0.05) is 12.1 Å². The van der Waals surface area contributed by atoms with Crippen LogP contribution in [0.25, 0.3) is 0 Å². The van der Waals surface area contributed by atoms with Gasteiger partial charge >= 0.3 is 6.03 Å². The van der Waals surface area contributed by atoms with Crippen LogP contribution in [0.3, 0.4) is 0 Å². The molecule has 0 spiro atoms. The van der Waals surface area contributed by atoms with Gasteiger partial charge in [0.05, 0.1) is 5.69 Å². The summed E-state index contributed by atoms with van der Waals surface area (Å²) in [6.45, 7) is -0.554. The first-order valence-corrected chi connectivity index (χ1v) is 6.81. The monoisotopic (exact) mass is 309 g/mol. The first-order chi connectivity index (χ1) is 10.5. The first kappa shape index (κ1) is 14.4. The highest BCUT2D eigenvalue weighted by Crippen LogP contribution is 2.30. The number of carbonyl (C=O) groups is 3. The second-order valence-electron chi connectivity index (χ2n) is 5.29. The van der Waals surface area contributed by atoms with Crippen LogP contribution in [0.2, 0.25) is 0 Å². The number of nitrogens with zero attached hydrogens (tertiary/aromatic N) is 2. The summed E-state index contributed by atoms with van der Waals surface area (Å²) < 4.78 is 26.5. The summed E-state index contributed by atoms with van der Waals surface area (Å²) in [7, 11) is 0. The maximum absolute atomic E-state index is 13.4. The fourth-order valence-electron chi connectivity index (χ4n) is 2.31. The highest BCUT2D eigenvalue weighted by molar-refractivity contribution is 6.06. The lowest BCUT2D eigenvalue weighted by Crippen LogP contribution is -2.39. The molecule has 4 amide bonds. The van der Waals surface area contributed by atoms with Crippen LogP contribution in [0.5, 0.6) is 0 Å². The number of carbonyl (C=O) groups excluding carboxylic acids is 3. The Morgan fingerprint density at radius 1 is 1.27 bits per heavy atom. The van der Waals surface area contributed by atoms with Crippen molar-refractivity contribution >= 4 is 23.5 Å². The molecule has 2 aliphatic rings. The van der Waals surface area contributed by atoms with Crippen molar-refractivity contribution in [3.05, 3.63) is 29.8 Å². The van der Waals surface area contributed by atoms with Gasteiger partial charge in [0.2, 0.25) is 5.91 Å². The second-order valence-corrected chi connectivity index (χ2v) is 5.29. The maximum atomic E-state index is 13.4. The highest BCUT2D eigenvalue weighted by atomic mass is 19.1. The summed E-state index contributed by atoms with van der Waals surface area (Å²) in [4.78, 5) is 37.9. The Kier molecular flexibility index (Phi) is 3.51. The molecule has 0 atom stereocenters. The molecular formula is C14H13F2N3O3. The van der Waals surface area contributed by atoms with Crippen LogP contribution in [-0.4, -0.2) is 46.8 Å². The zero-order chi connectivity index (χ0) is 15.9. The molecule has 116 valence electrons. The number of anilines is 1. The van der Waals surface area contributed by atoms with Gasteiger partial charge in [0.25, 0.3) is 5.91 Å². The van der Waals surface area contributed by atoms with Gasteiger partial charge in [-0.25, -0.2) is 13.6 Å². The zero-order valence-electron chi connectivity index (χ0n) is 11.5. The standard InChI is InChI=1S/C14H13F2N3O3/c15-8-1-4-10(16)11(5-8)17-12(20)6-19-13(21)7-18(14(19)22)9-2-3-9/h1,4-5,9H,2-3,6-7H2,(H,17,20). The third kappa shape index (κ3) is 2.76. The molecular weight excluding hydrogens is 296 g/mol. The van der Waals surface area contributed by atoms with E-state index in [1.165, 1.54) is 4.90 Å². The molecule has 1 saturated carbocycles. The van der Waals surface area contributed by atoms with Crippen molar-refractivity contribution < 1.29 is 23.2 Å². The lowest BCUT2D eigenvalue weighted by molar-refractivity contribution is -0.129. The third-order valence-corrected chi connectivity index (χ3v) is 3.58. The molecule has 0 aromatic heterocycles. The van der Waals surface area contributed by atoms with Gasteiger partial charge in [0.1, 0.15) is 24.7 Å². The van der Waals surface area contributed by atoms with Gasteiger partial charge in [-0.3, -0.25) is 14.5 Å². The topological polar surface area (TPSA) is 69.7 Å². The zero-order valence-corrected chi connectivity index (χ0v) is 11.5. The van der Waals surface area contributed by atoms with Crippen LogP contribution < -0.4 is 5.32 Å². The second kappa shape index (κ2) is 5.36. The normalized spacial score (nSPS) is 18.1. The molecule has 22 heavy (non-hydrogen) atoms. The minimum Gasteiger partial charge on any atom is -0.322 e. The van der Waals surface area contributed by atoms with E-state index in [0.717, 1.165) is 35.9 Å². The molecule has 1 aromatic rings. The number of hydrogen-bond acceptors (Lipinski definition) is 3. The van der Waals surface area contributed by atoms with E-state index in [1.54, 1.807) is 0 Å². The van der Waals surface area contributed by atoms with Crippen molar-refractivity contribution in [2.45, 2.75) is 18.9 Å². The van der Waals surface area contributed by atoms with Crippen LogP contribution in [0.1, 0.15) is 12.8 Å². The Bertz CT molecular complexity index is 661. The van der Waals surface area contributed by atoms with Gasteiger partial charge in [-0.1, -0.05) is 0 Å². The number of hydrogen-bond donors (Lipinski definition) is 1. The van der Waals surface area contributed by atoms with E-state index in [0.29, 0.717) is 0 Å². The minimum absolute atomic E-state index is 0.0366. The highest BCUT2D eigenvalue weighted by Gasteiger charge is 2.44. The Labute approximate surface area is 124 Å². The molecule has 0 bridgehead atoms. The van der Waals surface area contributed by atoms with Gasteiger partial charge in [0.15, 0.2) is 0 Å². The number of nitrogens with one attached hydrogen (secondary N) is 1. The fourth-order valence-corrected chi connectivity index (χ4v) is 2.31. The Hall–Kier alpha value is -2.51. The quantitative estimate of drug-likeness (QED) is 0.853. The first-order valence-electron chi connectivity index (χ1n) is 6.81. The minimum atomic E-state index is -0.798. The Balaban J connectivity index is 1.65. The van der Waals surface area contributed by atoms with E-state index in [-0.39, 0.29) is 18.3 Å². The van der Waals surface area contributed by atoms with Gasteiger partial charge in [-0.05, 0) is 25.0 Å². The molecule has 1 saturated heterocycles. The predicted molar refractivity (Wildman–Crippen MR) is 71.8 cm³/mol. The maximum Gasteiger partial charge on any atom is 0.327 e. The van der Waals surface area contributed by atoms with Crippen molar-refractivity contribution in [2.24, 2.45) is 0 Å². The molecule has 8 heteroatoms. The van der Waals surface area contributed by atoms with Crippen molar-refractivity contribution in [2.75, 3.05) is 18.4 Å². The SMILES string of the molecule is O=C(CN1C(=O)CN(C2CC2)C1=O)Nc1cc(F)ccc1F. The summed E-state index contributed by atoms with van der Waals surface area (Å²) in [5.41, 5.74) is -0.330. The molecule has 1 heterocycles. The molecule has 1 aliphatic heterocycles. The van der Waals surface area contributed by atoms with Crippen LogP contribution in [0.4, 0.5) is 19.3 Å². The van der Waals surface area contributed by atoms with Crippen molar-refractivity contribution in [1.29, 1.82) is 0 Å².